The van der Waals surface area contributed by atoms with E-state index in [-0.39, 0.29) is 23.9 Å². The lowest BCUT2D eigenvalue weighted by molar-refractivity contribution is 0.225. The molecule has 4 atom stereocenters. The van der Waals surface area contributed by atoms with E-state index in [0.717, 1.165) is 0 Å². The minimum absolute atomic E-state index is 0.154. The van der Waals surface area contributed by atoms with Gasteiger partial charge in [0.2, 0.25) is 23.6 Å². The van der Waals surface area contributed by atoms with Crippen molar-refractivity contribution >= 4 is 23.6 Å². The quantitative estimate of drug-likeness (QED) is 0.556. The highest BCUT2D eigenvalue weighted by molar-refractivity contribution is 6.07. The Bertz CT molecular complexity index is 762. The zero-order valence-corrected chi connectivity index (χ0v) is 20.7. The zero-order valence-electron chi connectivity index (χ0n) is 20.7. The van der Waals surface area contributed by atoms with Gasteiger partial charge in [-0.3, -0.25) is 0 Å². The third kappa shape index (κ3) is 4.07. The highest BCUT2D eigenvalue weighted by atomic mass is 16.5. The second-order valence-electron chi connectivity index (χ2n) is 8.67. The van der Waals surface area contributed by atoms with E-state index < -0.39 is 11.1 Å². The first-order valence-corrected chi connectivity index (χ1v) is 11.0. The van der Waals surface area contributed by atoms with Crippen molar-refractivity contribution in [1.82, 2.24) is 0 Å². The molecule has 0 aromatic rings. The summed E-state index contributed by atoms with van der Waals surface area (Å²) in [6.45, 7) is 16.2. The summed E-state index contributed by atoms with van der Waals surface area (Å²) in [4.78, 5) is 20.1. The molecule has 0 fully saturated rings. The Kier molecular flexibility index (Phi) is 8.26. The van der Waals surface area contributed by atoms with Gasteiger partial charge in [-0.15, -0.1) is 13.2 Å². The van der Waals surface area contributed by atoms with E-state index in [0.29, 0.717) is 36.4 Å². The van der Waals surface area contributed by atoms with Crippen LogP contribution in [0.3, 0.4) is 0 Å². The molecule has 0 spiro atoms. The van der Waals surface area contributed by atoms with Crippen molar-refractivity contribution in [3.05, 3.63) is 25.3 Å². The van der Waals surface area contributed by atoms with E-state index in [9.17, 15) is 0 Å². The van der Waals surface area contributed by atoms with Crippen LogP contribution in [0.25, 0.3) is 0 Å². The molecular formula is C24H38N4O4. The Labute approximate surface area is 192 Å². The lowest BCUT2D eigenvalue weighted by Crippen LogP contribution is -2.66. The van der Waals surface area contributed by atoms with Crippen molar-refractivity contribution in [2.24, 2.45) is 31.8 Å². The smallest absolute Gasteiger partial charge is 0.216 e. The highest BCUT2D eigenvalue weighted by Gasteiger charge is 2.63. The molecule has 2 heterocycles. The molecular weight excluding hydrogens is 408 g/mol. The Balaban J connectivity index is 2.95. The highest BCUT2D eigenvalue weighted by Crippen LogP contribution is 2.45. The van der Waals surface area contributed by atoms with Gasteiger partial charge in [0.25, 0.3) is 0 Å². The first kappa shape index (κ1) is 25.6. The van der Waals surface area contributed by atoms with Crippen LogP contribution in [0.5, 0.6) is 0 Å². The molecule has 2 aliphatic heterocycles. The summed E-state index contributed by atoms with van der Waals surface area (Å²) < 4.78 is 23.2. The molecule has 4 unspecified atom stereocenters. The Morgan fingerprint density at radius 3 is 1.28 bits per heavy atom. The molecule has 0 aromatic carbocycles. The average molecular weight is 447 g/mol. The molecule has 0 aromatic heterocycles. The van der Waals surface area contributed by atoms with Crippen LogP contribution >= 0.6 is 0 Å². The van der Waals surface area contributed by atoms with E-state index in [1.807, 2.05) is 0 Å². The fourth-order valence-electron chi connectivity index (χ4n) is 4.39. The molecule has 32 heavy (non-hydrogen) atoms. The van der Waals surface area contributed by atoms with Crippen LogP contribution in [-0.4, -0.2) is 75.2 Å². The second kappa shape index (κ2) is 10.3. The number of ether oxygens (including phenoxy) is 4. The summed E-state index contributed by atoms with van der Waals surface area (Å²) in [5, 5.41) is 0. The van der Waals surface area contributed by atoms with Gasteiger partial charge >= 0.3 is 0 Å². The predicted molar refractivity (Wildman–Crippen MR) is 130 cm³/mol. The van der Waals surface area contributed by atoms with E-state index >= 15 is 0 Å². The molecule has 8 heteroatoms. The first-order valence-electron chi connectivity index (χ1n) is 11.0. The Morgan fingerprint density at radius 1 is 0.719 bits per heavy atom. The summed E-state index contributed by atoms with van der Waals surface area (Å²) in [6, 6.07) is -0.566. The topological polar surface area (TPSA) is 86.4 Å². The molecule has 0 saturated carbocycles. The van der Waals surface area contributed by atoms with E-state index in [1.54, 1.807) is 40.6 Å². The number of rotatable bonds is 7. The van der Waals surface area contributed by atoms with E-state index in [2.05, 4.69) is 40.9 Å². The standard InChI is InChI=1S/C24H38N4O4/c1-11-13-23(21(31-9)25-17(15(3)4)19(27-23)29-7)24(14-12-2)22(32-10)26-18(16(5)6)20(28-24)30-8/h11-12,15-18H,1-2,13-14H2,3-10H3. The fourth-order valence-corrected chi connectivity index (χ4v) is 4.39. The van der Waals surface area contributed by atoms with Crippen molar-refractivity contribution in [3.63, 3.8) is 0 Å². The number of nitrogens with zero attached hydrogens (tertiary/aromatic N) is 4. The summed E-state index contributed by atoms with van der Waals surface area (Å²) in [5.41, 5.74) is -2.29. The Morgan fingerprint density at radius 2 is 1.06 bits per heavy atom. The summed E-state index contributed by atoms with van der Waals surface area (Å²) >= 11 is 0. The summed E-state index contributed by atoms with van der Waals surface area (Å²) in [5.74, 6) is 2.15. The lowest BCUT2D eigenvalue weighted by Gasteiger charge is -2.48. The monoisotopic (exact) mass is 446 g/mol. The molecule has 2 rings (SSSR count). The van der Waals surface area contributed by atoms with Gasteiger partial charge in [-0.05, 0) is 11.8 Å². The third-order valence-corrected chi connectivity index (χ3v) is 5.96. The SMILES string of the molecule is C=CCC1(C2(CC=C)N=C(OC)C(C(C)C)N=C2OC)N=C(OC)C(C(C)C)N=C1OC. The summed E-state index contributed by atoms with van der Waals surface area (Å²) in [6.07, 6.45) is 4.27. The maximum atomic E-state index is 5.88. The van der Waals surface area contributed by atoms with Crippen molar-refractivity contribution in [2.45, 2.75) is 63.7 Å². The summed E-state index contributed by atoms with van der Waals surface area (Å²) in [7, 11) is 6.39. The number of methoxy groups -OCH3 is 4. The van der Waals surface area contributed by atoms with E-state index in [4.69, 9.17) is 38.9 Å². The van der Waals surface area contributed by atoms with Gasteiger partial charge in [0.15, 0.2) is 11.1 Å². The normalized spacial score (nSPS) is 30.1. The fraction of sp³-hybridized carbons (Fsp3) is 0.667. The molecule has 2 aliphatic rings. The van der Waals surface area contributed by atoms with Gasteiger partial charge in [-0.2, -0.15) is 0 Å². The molecule has 8 nitrogen and oxygen atoms in total. The minimum atomic E-state index is -1.14. The van der Waals surface area contributed by atoms with Crippen LogP contribution in [0.2, 0.25) is 0 Å². The van der Waals surface area contributed by atoms with Crippen molar-refractivity contribution in [1.29, 1.82) is 0 Å². The number of hydrogen-bond donors (Lipinski definition) is 0. The minimum Gasteiger partial charge on any atom is -0.483 e. The lowest BCUT2D eigenvalue weighted by atomic mass is 9.70. The largest absolute Gasteiger partial charge is 0.483 e. The predicted octanol–water partition coefficient (Wildman–Crippen LogP) is 3.87. The van der Waals surface area contributed by atoms with Crippen LogP contribution in [0, 0.1) is 11.8 Å². The molecule has 0 aliphatic carbocycles. The van der Waals surface area contributed by atoms with Crippen LogP contribution in [-0.2, 0) is 18.9 Å². The van der Waals surface area contributed by atoms with Gasteiger partial charge < -0.3 is 18.9 Å². The molecule has 0 saturated heterocycles. The second-order valence-corrected chi connectivity index (χ2v) is 8.67. The number of hydrogen-bond acceptors (Lipinski definition) is 8. The number of aliphatic imine (C=N–C) groups is 4. The van der Waals surface area contributed by atoms with E-state index in [1.165, 1.54) is 0 Å². The maximum Gasteiger partial charge on any atom is 0.216 e. The molecule has 0 radical (unpaired) electrons. The van der Waals surface area contributed by atoms with Crippen LogP contribution in [0.1, 0.15) is 40.5 Å². The van der Waals surface area contributed by atoms with Gasteiger partial charge in [0.05, 0.1) is 28.4 Å². The van der Waals surface area contributed by atoms with Gasteiger partial charge in [-0.25, -0.2) is 20.0 Å². The molecule has 0 bridgehead atoms. The zero-order chi connectivity index (χ0) is 24.1. The third-order valence-electron chi connectivity index (χ3n) is 5.96. The average Bonchev–Trinajstić information content (AvgIpc) is 2.78. The molecule has 178 valence electrons. The maximum absolute atomic E-state index is 5.88. The molecule has 0 amide bonds. The first-order chi connectivity index (χ1) is 15.2. The van der Waals surface area contributed by atoms with Gasteiger partial charge in [0, 0.05) is 12.8 Å². The van der Waals surface area contributed by atoms with Crippen molar-refractivity contribution in [3.8, 4) is 0 Å². The van der Waals surface area contributed by atoms with Crippen molar-refractivity contribution < 1.29 is 18.9 Å². The van der Waals surface area contributed by atoms with Gasteiger partial charge in [-0.1, -0.05) is 39.8 Å². The van der Waals surface area contributed by atoms with Gasteiger partial charge in [0.1, 0.15) is 12.1 Å². The molecule has 0 N–H and O–H groups in total. The van der Waals surface area contributed by atoms with Crippen LogP contribution in [0.4, 0.5) is 0 Å². The van der Waals surface area contributed by atoms with Crippen LogP contribution < -0.4 is 0 Å². The van der Waals surface area contributed by atoms with Crippen LogP contribution in [0.15, 0.2) is 45.3 Å². The Hall–Kier alpha value is -2.64. The van der Waals surface area contributed by atoms with Crippen molar-refractivity contribution in [2.75, 3.05) is 28.4 Å².